The number of carbonyl (C=O) groups is 1. The topological polar surface area (TPSA) is 83.5 Å². The van der Waals surface area contributed by atoms with Crippen molar-refractivity contribution in [2.75, 3.05) is 6.61 Å². The van der Waals surface area contributed by atoms with Crippen LogP contribution >= 0.6 is 0 Å². The number of ether oxygens (including phenoxy) is 1. The van der Waals surface area contributed by atoms with Crippen LogP contribution < -0.4 is 15.4 Å². The summed E-state index contributed by atoms with van der Waals surface area (Å²) in [6.45, 7) is 1.72. The van der Waals surface area contributed by atoms with Gasteiger partial charge in [0.05, 0.1) is 12.6 Å². The lowest BCUT2D eigenvalue weighted by Crippen LogP contribution is -2.42. The predicted octanol–water partition coefficient (Wildman–Crippen LogP) is 2.19. The number of aromatic nitrogens is 1. The van der Waals surface area contributed by atoms with E-state index in [1.165, 1.54) is 18.2 Å². The van der Waals surface area contributed by atoms with Gasteiger partial charge in [0, 0.05) is 24.4 Å². The first kappa shape index (κ1) is 16.7. The molecule has 0 aliphatic carbocycles. The fourth-order valence-corrected chi connectivity index (χ4v) is 1.79. The van der Waals surface area contributed by atoms with Crippen LogP contribution in [-0.4, -0.2) is 28.8 Å². The van der Waals surface area contributed by atoms with E-state index in [1.807, 2.05) is 0 Å². The minimum Gasteiger partial charge on any atom is -0.439 e. The molecule has 0 radical (unpaired) electrons. The molecule has 0 saturated carbocycles. The summed E-state index contributed by atoms with van der Waals surface area (Å²) in [6, 6.07) is 8.43. The quantitative estimate of drug-likeness (QED) is 0.762. The Morgan fingerprint density at radius 1 is 1.39 bits per heavy atom. The fraction of sp³-hybridized carbons (Fsp3) is 0.250. The molecule has 0 saturated heterocycles. The first-order valence-electron chi connectivity index (χ1n) is 7.11. The van der Waals surface area contributed by atoms with Gasteiger partial charge in [-0.05, 0) is 25.1 Å². The maximum absolute atomic E-state index is 13.2. The molecule has 1 aromatic heterocycles. The molecule has 3 N–H and O–H groups in total. The van der Waals surface area contributed by atoms with Crippen molar-refractivity contribution in [1.29, 1.82) is 0 Å². The number of rotatable bonds is 6. The van der Waals surface area contributed by atoms with Gasteiger partial charge >= 0.3 is 6.03 Å². The third kappa shape index (κ3) is 5.23. The summed E-state index contributed by atoms with van der Waals surface area (Å²) >= 11 is 0. The van der Waals surface area contributed by atoms with Crippen LogP contribution in [0.5, 0.6) is 11.6 Å². The van der Waals surface area contributed by atoms with Crippen molar-refractivity contribution < 1.29 is 19.0 Å². The van der Waals surface area contributed by atoms with E-state index in [-0.39, 0.29) is 25.1 Å². The molecule has 0 spiro atoms. The van der Waals surface area contributed by atoms with Gasteiger partial charge in [-0.25, -0.2) is 14.2 Å². The maximum Gasteiger partial charge on any atom is 0.315 e. The molecule has 1 aromatic carbocycles. The summed E-state index contributed by atoms with van der Waals surface area (Å²) in [7, 11) is 0. The Morgan fingerprint density at radius 3 is 2.96 bits per heavy atom. The molecule has 2 aromatic rings. The number of amides is 2. The van der Waals surface area contributed by atoms with Crippen LogP contribution in [0.2, 0.25) is 0 Å². The molecular weight excluding hydrogens is 301 g/mol. The molecule has 23 heavy (non-hydrogen) atoms. The number of aliphatic hydroxyl groups excluding tert-OH is 1. The molecule has 7 heteroatoms. The summed E-state index contributed by atoms with van der Waals surface area (Å²) in [6.07, 6.45) is 1.55. The third-order valence-electron chi connectivity index (χ3n) is 2.95. The van der Waals surface area contributed by atoms with Gasteiger partial charge in [-0.2, -0.15) is 0 Å². The lowest BCUT2D eigenvalue weighted by Gasteiger charge is -2.13. The molecular formula is C16H18FN3O3. The van der Waals surface area contributed by atoms with Gasteiger partial charge in [-0.3, -0.25) is 0 Å². The van der Waals surface area contributed by atoms with Gasteiger partial charge in [0.2, 0.25) is 5.88 Å². The van der Waals surface area contributed by atoms with Crippen LogP contribution in [0, 0.1) is 5.82 Å². The summed E-state index contributed by atoms with van der Waals surface area (Å²) in [5, 5.41) is 14.1. The highest BCUT2D eigenvalue weighted by atomic mass is 19.1. The SMILES string of the molecule is C[C@@H](CO)NC(=O)NCc1cccnc1Oc1cccc(F)c1. The summed E-state index contributed by atoms with van der Waals surface area (Å²) < 4.78 is 18.8. The van der Waals surface area contributed by atoms with Crippen molar-refractivity contribution in [3.63, 3.8) is 0 Å². The van der Waals surface area contributed by atoms with E-state index >= 15 is 0 Å². The van der Waals surface area contributed by atoms with Crippen molar-refractivity contribution in [1.82, 2.24) is 15.6 Å². The van der Waals surface area contributed by atoms with E-state index < -0.39 is 11.8 Å². The Balaban J connectivity index is 2.01. The molecule has 0 fully saturated rings. The van der Waals surface area contributed by atoms with Gasteiger partial charge in [0.25, 0.3) is 0 Å². The molecule has 0 aliphatic heterocycles. The summed E-state index contributed by atoms with van der Waals surface area (Å²) in [5.41, 5.74) is 0.642. The zero-order valence-electron chi connectivity index (χ0n) is 12.6. The first-order chi connectivity index (χ1) is 11.1. The molecule has 6 nitrogen and oxygen atoms in total. The second kappa shape index (κ2) is 8.09. The minimum absolute atomic E-state index is 0.145. The largest absolute Gasteiger partial charge is 0.439 e. The number of carbonyl (C=O) groups excluding carboxylic acids is 1. The molecule has 1 atom stereocenters. The standard InChI is InChI=1S/C16H18FN3O3/c1-11(10-21)20-16(22)19-9-12-4-3-7-18-15(12)23-14-6-2-5-13(17)8-14/h2-8,11,21H,9-10H2,1H3,(H2,19,20,22)/t11-/m0/s1. The second-order valence-electron chi connectivity index (χ2n) is 4.94. The average molecular weight is 319 g/mol. The summed E-state index contributed by atoms with van der Waals surface area (Å²) in [5.74, 6) is 0.201. The molecule has 0 unspecified atom stereocenters. The van der Waals surface area contributed by atoms with Crippen LogP contribution in [0.25, 0.3) is 0 Å². The van der Waals surface area contributed by atoms with Gasteiger partial charge in [0.15, 0.2) is 0 Å². The highest BCUT2D eigenvalue weighted by molar-refractivity contribution is 5.74. The second-order valence-corrected chi connectivity index (χ2v) is 4.94. The lowest BCUT2D eigenvalue weighted by atomic mass is 10.2. The number of pyridine rings is 1. The highest BCUT2D eigenvalue weighted by Crippen LogP contribution is 2.23. The van der Waals surface area contributed by atoms with Crippen LogP contribution in [0.4, 0.5) is 9.18 Å². The van der Waals surface area contributed by atoms with Crippen LogP contribution in [0.15, 0.2) is 42.6 Å². The van der Waals surface area contributed by atoms with Crippen molar-refractivity contribution in [2.24, 2.45) is 0 Å². The van der Waals surface area contributed by atoms with E-state index in [9.17, 15) is 9.18 Å². The fourth-order valence-electron chi connectivity index (χ4n) is 1.79. The zero-order chi connectivity index (χ0) is 16.7. The molecule has 1 heterocycles. The van der Waals surface area contributed by atoms with Crippen molar-refractivity contribution in [3.8, 4) is 11.6 Å². The minimum atomic E-state index is -0.410. The number of nitrogens with one attached hydrogen (secondary N) is 2. The van der Waals surface area contributed by atoms with Gasteiger partial charge in [-0.1, -0.05) is 12.1 Å². The lowest BCUT2D eigenvalue weighted by molar-refractivity contribution is 0.220. The number of nitrogens with zero attached hydrogens (tertiary/aromatic N) is 1. The molecule has 2 rings (SSSR count). The monoisotopic (exact) mass is 319 g/mol. The van der Waals surface area contributed by atoms with E-state index in [0.717, 1.165) is 0 Å². The van der Waals surface area contributed by atoms with Crippen LogP contribution in [0.3, 0.4) is 0 Å². The maximum atomic E-state index is 13.2. The van der Waals surface area contributed by atoms with E-state index in [2.05, 4.69) is 15.6 Å². The Hall–Kier alpha value is -2.67. The van der Waals surface area contributed by atoms with Crippen LogP contribution in [-0.2, 0) is 6.54 Å². The predicted molar refractivity (Wildman–Crippen MR) is 82.6 cm³/mol. The van der Waals surface area contributed by atoms with E-state index in [0.29, 0.717) is 11.3 Å². The van der Waals surface area contributed by atoms with Crippen molar-refractivity contribution >= 4 is 6.03 Å². The number of halogens is 1. The smallest absolute Gasteiger partial charge is 0.315 e. The van der Waals surface area contributed by atoms with Gasteiger partial charge < -0.3 is 20.5 Å². The normalized spacial score (nSPS) is 11.6. The molecule has 2 amide bonds. The Bertz CT molecular complexity index is 667. The van der Waals surface area contributed by atoms with Gasteiger partial charge in [-0.15, -0.1) is 0 Å². The Kier molecular flexibility index (Phi) is 5.87. The molecule has 122 valence electrons. The van der Waals surface area contributed by atoms with E-state index in [1.54, 1.807) is 31.3 Å². The number of aliphatic hydroxyl groups is 1. The third-order valence-corrected chi connectivity index (χ3v) is 2.95. The number of urea groups is 1. The average Bonchev–Trinajstić information content (AvgIpc) is 2.54. The highest BCUT2D eigenvalue weighted by Gasteiger charge is 2.10. The van der Waals surface area contributed by atoms with Crippen molar-refractivity contribution in [3.05, 3.63) is 54.0 Å². The molecule has 0 bridgehead atoms. The number of hydrogen-bond donors (Lipinski definition) is 3. The number of hydrogen-bond acceptors (Lipinski definition) is 4. The van der Waals surface area contributed by atoms with Gasteiger partial charge in [0.1, 0.15) is 11.6 Å². The molecule has 0 aliphatic rings. The summed E-state index contributed by atoms with van der Waals surface area (Å²) in [4.78, 5) is 15.8. The van der Waals surface area contributed by atoms with Crippen molar-refractivity contribution in [2.45, 2.75) is 19.5 Å². The zero-order valence-corrected chi connectivity index (χ0v) is 12.6. The first-order valence-corrected chi connectivity index (χ1v) is 7.11. The Labute approximate surface area is 133 Å². The van der Waals surface area contributed by atoms with Crippen LogP contribution in [0.1, 0.15) is 12.5 Å². The Morgan fingerprint density at radius 2 is 2.22 bits per heavy atom. The van der Waals surface area contributed by atoms with E-state index in [4.69, 9.17) is 9.84 Å². The number of benzene rings is 1.